The van der Waals surface area contributed by atoms with Crippen molar-refractivity contribution in [3.63, 3.8) is 0 Å². The molecule has 2 aromatic carbocycles. The van der Waals surface area contributed by atoms with Crippen molar-refractivity contribution in [1.82, 2.24) is 9.78 Å². The second-order valence-electron chi connectivity index (χ2n) is 6.01. The third kappa shape index (κ3) is 3.55. The second kappa shape index (κ2) is 6.86. The normalized spacial score (nSPS) is 12.8. The van der Waals surface area contributed by atoms with Gasteiger partial charge in [-0.2, -0.15) is 18.3 Å². The van der Waals surface area contributed by atoms with Crippen LogP contribution in [0.5, 0.6) is 0 Å². The summed E-state index contributed by atoms with van der Waals surface area (Å²) in [6.07, 6.45) is -7.25. The quantitative estimate of drug-likeness (QED) is 0.654. The van der Waals surface area contributed by atoms with Gasteiger partial charge in [0.15, 0.2) is 5.69 Å². The molecule has 0 amide bonds. The van der Waals surface area contributed by atoms with E-state index in [9.17, 15) is 22.8 Å². The largest absolute Gasteiger partial charge is 0.443 e. The number of nitrogens with zero attached hydrogens (tertiary/aromatic N) is 2. The summed E-state index contributed by atoms with van der Waals surface area (Å²) < 4.78 is 46.4. The van der Waals surface area contributed by atoms with E-state index in [0.29, 0.717) is 5.56 Å². The first kappa shape index (κ1) is 18.6. The molecule has 0 aliphatic carbocycles. The maximum atomic E-state index is 13.6. The van der Waals surface area contributed by atoms with E-state index in [4.69, 9.17) is 4.74 Å². The van der Waals surface area contributed by atoms with Gasteiger partial charge in [-0.25, -0.2) is 9.48 Å². The molecule has 5 nitrogen and oxygen atoms in total. The number of alkyl halides is 3. The van der Waals surface area contributed by atoms with Crippen LogP contribution in [0.3, 0.4) is 0 Å². The maximum Gasteiger partial charge on any atom is 0.429 e. The van der Waals surface area contributed by atoms with Crippen LogP contribution in [0.4, 0.5) is 13.2 Å². The molecule has 0 N–H and O–H groups in total. The molecule has 0 saturated heterocycles. The summed E-state index contributed by atoms with van der Waals surface area (Å²) in [6, 6.07) is 11.8. The van der Waals surface area contributed by atoms with Crippen molar-refractivity contribution in [2.24, 2.45) is 7.05 Å². The number of ether oxygens (including phenoxy) is 1. The van der Waals surface area contributed by atoms with Crippen molar-refractivity contribution in [3.05, 3.63) is 75.7 Å². The van der Waals surface area contributed by atoms with Crippen LogP contribution in [0.15, 0.2) is 53.3 Å². The molecule has 0 saturated carbocycles. The molecule has 0 aliphatic heterocycles. The lowest BCUT2D eigenvalue weighted by Crippen LogP contribution is -2.29. The molecular formula is C19H15F3N2O3. The van der Waals surface area contributed by atoms with Gasteiger partial charge in [0.1, 0.15) is 0 Å². The van der Waals surface area contributed by atoms with E-state index in [1.807, 2.05) is 0 Å². The van der Waals surface area contributed by atoms with Crippen molar-refractivity contribution in [2.75, 3.05) is 0 Å². The Morgan fingerprint density at radius 3 is 2.30 bits per heavy atom. The Balaban J connectivity index is 2.08. The standard InChI is InChI=1S/C19H15F3N2O3/c1-11-7-3-4-8-12(11)16(19(20,21)22)27-18(26)15-13-9-5-6-10-14(13)17(25)24(2)23-15/h3-10,16H,1-2H3/t16-/m0/s1. The summed E-state index contributed by atoms with van der Waals surface area (Å²) >= 11 is 0. The number of esters is 1. The average Bonchev–Trinajstić information content (AvgIpc) is 2.62. The van der Waals surface area contributed by atoms with Crippen molar-refractivity contribution >= 4 is 16.7 Å². The molecule has 8 heteroatoms. The van der Waals surface area contributed by atoms with E-state index in [2.05, 4.69) is 5.10 Å². The van der Waals surface area contributed by atoms with Gasteiger partial charge < -0.3 is 4.74 Å². The Morgan fingerprint density at radius 2 is 1.67 bits per heavy atom. The first-order valence-corrected chi connectivity index (χ1v) is 7.99. The number of hydrogen-bond donors (Lipinski definition) is 0. The molecule has 140 valence electrons. The van der Waals surface area contributed by atoms with Crippen LogP contribution in [0, 0.1) is 6.92 Å². The van der Waals surface area contributed by atoms with Gasteiger partial charge in [0.25, 0.3) is 5.56 Å². The zero-order chi connectivity index (χ0) is 19.8. The van der Waals surface area contributed by atoms with Crippen LogP contribution >= 0.6 is 0 Å². The topological polar surface area (TPSA) is 61.2 Å². The number of hydrogen-bond acceptors (Lipinski definition) is 4. The molecule has 0 fully saturated rings. The van der Waals surface area contributed by atoms with Crippen molar-refractivity contribution in [2.45, 2.75) is 19.2 Å². The van der Waals surface area contributed by atoms with Crippen LogP contribution in [0.1, 0.15) is 27.7 Å². The van der Waals surface area contributed by atoms with Crippen molar-refractivity contribution in [1.29, 1.82) is 0 Å². The lowest BCUT2D eigenvalue weighted by Gasteiger charge is -2.22. The van der Waals surface area contributed by atoms with Gasteiger partial charge in [0.2, 0.25) is 6.10 Å². The fraction of sp³-hybridized carbons (Fsp3) is 0.211. The molecule has 1 heterocycles. The number of fused-ring (bicyclic) bond motifs is 1. The summed E-state index contributed by atoms with van der Waals surface area (Å²) in [5.41, 5.74) is -0.637. The minimum Gasteiger partial charge on any atom is -0.443 e. The van der Waals surface area contributed by atoms with Crippen LogP contribution < -0.4 is 5.56 Å². The van der Waals surface area contributed by atoms with E-state index in [1.165, 1.54) is 44.3 Å². The number of carbonyl (C=O) groups excluding carboxylic acids is 1. The van der Waals surface area contributed by atoms with E-state index in [-0.39, 0.29) is 22.0 Å². The van der Waals surface area contributed by atoms with Crippen LogP contribution in [-0.2, 0) is 11.8 Å². The molecule has 3 aromatic rings. The Labute approximate surface area is 152 Å². The fourth-order valence-electron chi connectivity index (χ4n) is 2.80. The first-order chi connectivity index (χ1) is 12.7. The van der Waals surface area contributed by atoms with Crippen LogP contribution in [0.25, 0.3) is 10.8 Å². The van der Waals surface area contributed by atoms with Gasteiger partial charge in [-0.3, -0.25) is 4.79 Å². The summed E-state index contributed by atoms with van der Waals surface area (Å²) in [7, 11) is 1.31. The molecule has 1 atom stereocenters. The number of carbonyl (C=O) groups is 1. The van der Waals surface area contributed by atoms with Gasteiger partial charge >= 0.3 is 12.1 Å². The second-order valence-corrected chi connectivity index (χ2v) is 6.01. The zero-order valence-corrected chi connectivity index (χ0v) is 14.4. The Kier molecular flexibility index (Phi) is 4.73. The molecule has 0 radical (unpaired) electrons. The molecule has 0 unspecified atom stereocenters. The van der Waals surface area contributed by atoms with E-state index < -0.39 is 23.8 Å². The lowest BCUT2D eigenvalue weighted by molar-refractivity contribution is -0.207. The number of aryl methyl sites for hydroxylation is 2. The van der Waals surface area contributed by atoms with Crippen LogP contribution in [0.2, 0.25) is 0 Å². The van der Waals surface area contributed by atoms with Gasteiger partial charge in [-0.15, -0.1) is 0 Å². The number of benzene rings is 2. The predicted octanol–water partition coefficient (Wildman–Crippen LogP) is 3.70. The summed E-state index contributed by atoms with van der Waals surface area (Å²) in [4.78, 5) is 24.7. The van der Waals surface area contributed by atoms with Crippen molar-refractivity contribution in [3.8, 4) is 0 Å². The molecule has 0 spiro atoms. The number of rotatable bonds is 3. The monoisotopic (exact) mass is 376 g/mol. The molecule has 1 aromatic heterocycles. The molecule has 3 rings (SSSR count). The summed E-state index contributed by atoms with van der Waals surface area (Å²) in [6.45, 7) is 1.50. The highest BCUT2D eigenvalue weighted by atomic mass is 19.4. The minimum absolute atomic E-state index is 0.135. The average molecular weight is 376 g/mol. The summed E-state index contributed by atoms with van der Waals surface area (Å²) in [5, 5.41) is 4.12. The number of aromatic nitrogens is 2. The molecule has 27 heavy (non-hydrogen) atoms. The fourth-order valence-corrected chi connectivity index (χ4v) is 2.80. The van der Waals surface area contributed by atoms with Gasteiger partial charge in [-0.1, -0.05) is 42.5 Å². The Hall–Kier alpha value is -3.16. The molecule has 0 aliphatic rings. The summed E-state index contributed by atoms with van der Waals surface area (Å²) in [5.74, 6) is -1.26. The van der Waals surface area contributed by atoms with E-state index in [1.54, 1.807) is 18.2 Å². The molecular weight excluding hydrogens is 361 g/mol. The van der Waals surface area contributed by atoms with Gasteiger partial charge in [0.05, 0.1) is 5.39 Å². The predicted molar refractivity (Wildman–Crippen MR) is 92.4 cm³/mol. The smallest absolute Gasteiger partial charge is 0.429 e. The highest BCUT2D eigenvalue weighted by molar-refractivity contribution is 6.02. The van der Waals surface area contributed by atoms with E-state index >= 15 is 0 Å². The van der Waals surface area contributed by atoms with Gasteiger partial charge in [-0.05, 0) is 18.6 Å². The highest BCUT2D eigenvalue weighted by Gasteiger charge is 2.45. The Morgan fingerprint density at radius 1 is 1.07 bits per heavy atom. The SMILES string of the molecule is Cc1ccccc1[C@H](OC(=O)c1nn(C)c(=O)c2ccccc12)C(F)(F)F. The first-order valence-electron chi connectivity index (χ1n) is 7.99. The lowest BCUT2D eigenvalue weighted by atomic mass is 10.0. The van der Waals surface area contributed by atoms with E-state index in [0.717, 1.165) is 4.68 Å². The van der Waals surface area contributed by atoms with Crippen LogP contribution in [-0.4, -0.2) is 21.9 Å². The zero-order valence-electron chi connectivity index (χ0n) is 14.4. The third-order valence-corrected chi connectivity index (χ3v) is 4.14. The highest BCUT2D eigenvalue weighted by Crippen LogP contribution is 2.38. The maximum absolute atomic E-state index is 13.6. The minimum atomic E-state index is -4.81. The third-order valence-electron chi connectivity index (χ3n) is 4.14. The Bertz CT molecular complexity index is 1070. The van der Waals surface area contributed by atoms with Crippen molar-refractivity contribution < 1.29 is 22.7 Å². The number of halogens is 3. The van der Waals surface area contributed by atoms with Gasteiger partial charge in [0, 0.05) is 18.0 Å². The molecule has 0 bridgehead atoms.